The van der Waals surface area contributed by atoms with E-state index in [-0.39, 0.29) is 29.3 Å². The minimum Gasteiger partial charge on any atom is -0.376 e. The topological polar surface area (TPSA) is 80.3 Å². The molecule has 1 aromatic carbocycles. The Morgan fingerprint density at radius 1 is 1.12 bits per heavy atom. The van der Waals surface area contributed by atoms with Gasteiger partial charge in [0.15, 0.2) is 0 Å². The molecule has 130 valence electrons. The van der Waals surface area contributed by atoms with E-state index >= 15 is 0 Å². The van der Waals surface area contributed by atoms with Crippen molar-refractivity contribution in [2.24, 2.45) is 0 Å². The molecular formula is C19H21N3O3. The van der Waals surface area contributed by atoms with Crippen LogP contribution in [0.2, 0.25) is 0 Å². The average Bonchev–Trinajstić information content (AvgIpc) is 3.15. The second-order valence-corrected chi connectivity index (χ2v) is 6.02. The first-order valence-corrected chi connectivity index (χ1v) is 8.37. The number of benzene rings is 1. The van der Waals surface area contributed by atoms with Crippen molar-refractivity contribution in [2.75, 3.05) is 18.5 Å². The fourth-order valence-corrected chi connectivity index (χ4v) is 2.69. The van der Waals surface area contributed by atoms with Crippen LogP contribution in [-0.2, 0) is 4.74 Å². The van der Waals surface area contributed by atoms with Gasteiger partial charge in [-0.25, -0.2) is 4.98 Å². The van der Waals surface area contributed by atoms with Crippen LogP contribution in [0.1, 0.15) is 39.4 Å². The Balaban J connectivity index is 1.64. The molecular weight excluding hydrogens is 318 g/mol. The first-order valence-electron chi connectivity index (χ1n) is 8.37. The van der Waals surface area contributed by atoms with Crippen molar-refractivity contribution in [1.82, 2.24) is 10.3 Å². The Kier molecular flexibility index (Phi) is 5.40. The number of nitrogens with one attached hydrogen (secondary N) is 2. The SMILES string of the molecule is Cc1ccccc1NC(=O)c1cccc(C(=O)NCC2CCCO2)n1. The zero-order valence-corrected chi connectivity index (χ0v) is 14.1. The monoisotopic (exact) mass is 339 g/mol. The number of anilines is 1. The molecule has 1 saturated heterocycles. The highest BCUT2D eigenvalue weighted by molar-refractivity contribution is 6.04. The number of para-hydroxylation sites is 1. The molecule has 0 radical (unpaired) electrons. The van der Waals surface area contributed by atoms with Gasteiger partial charge < -0.3 is 15.4 Å². The number of amides is 2. The minimum atomic E-state index is -0.344. The summed E-state index contributed by atoms with van der Waals surface area (Å²) in [5.74, 6) is -0.649. The molecule has 1 unspecified atom stereocenters. The Morgan fingerprint density at radius 3 is 2.60 bits per heavy atom. The van der Waals surface area contributed by atoms with E-state index in [2.05, 4.69) is 15.6 Å². The van der Waals surface area contributed by atoms with Crippen LogP contribution in [0.5, 0.6) is 0 Å². The minimum absolute atomic E-state index is 0.0662. The van der Waals surface area contributed by atoms with E-state index in [0.717, 1.165) is 30.7 Å². The van der Waals surface area contributed by atoms with Gasteiger partial charge in [-0.3, -0.25) is 9.59 Å². The Labute approximate surface area is 146 Å². The number of hydrogen-bond acceptors (Lipinski definition) is 4. The Bertz CT molecular complexity index is 770. The number of aryl methyl sites for hydroxylation is 1. The number of aromatic nitrogens is 1. The third-order valence-corrected chi connectivity index (χ3v) is 4.12. The van der Waals surface area contributed by atoms with Crippen molar-refractivity contribution in [3.8, 4) is 0 Å². The van der Waals surface area contributed by atoms with Gasteiger partial charge in [-0.05, 0) is 43.5 Å². The van der Waals surface area contributed by atoms with Crippen LogP contribution >= 0.6 is 0 Å². The van der Waals surface area contributed by atoms with Crippen molar-refractivity contribution in [2.45, 2.75) is 25.9 Å². The summed E-state index contributed by atoms with van der Waals surface area (Å²) in [5.41, 5.74) is 2.10. The number of hydrogen-bond donors (Lipinski definition) is 2. The number of ether oxygens (including phenoxy) is 1. The maximum atomic E-state index is 12.4. The van der Waals surface area contributed by atoms with Crippen molar-refractivity contribution in [3.63, 3.8) is 0 Å². The van der Waals surface area contributed by atoms with Gasteiger partial charge in [0.1, 0.15) is 11.4 Å². The normalized spacial score (nSPS) is 16.4. The number of carbonyl (C=O) groups excluding carboxylic acids is 2. The lowest BCUT2D eigenvalue weighted by Gasteiger charge is -2.11. The first-order chi connectivity index (χ1) is 12.1. The van der Waals surface area contributed by atoms with Gasteiger partial charge in [0, 0.05) is 18.8 Å². The quantitative estimate of drug-likeness (QED) is 0.877. The number of rotatable bonds is 5. The summed E-state index contributed by atoms with van der Waals surface area (Å²) in [5, 5.41) is 5.62. The maximum Gasteiger partial charge on any atom is 0.274 e. The van der Waals surface area contributed by atoms with E-state index in [4.69, 9.17) is 4.74 Å². The first kappa shape index (κ1) is 17.1. The fraction of sp³-hybridized carbons (Fsp3) is 0.316. The van der Waals surface area contributed by atoms with Gasteiger partial charge in [0.2, 0.25) is 0 Å². The van der Waals surface area contributed by atoms with E-state index in [0.29, 0.717) is 6.54 Å². The van der Waals surface area contributed by atoms with Gasteiger partial charge in [0.25, 0.3) is 11.8 Å². The van der Waals surface area contributed by atoms with E-state index in [1.807, 2.05) is 31.2 Å². The van der Waals surface area contributed by atoms with Crippen LogP contribution in [0.15, 0.2) is 42.5 Å². The lowest BCUT2D eigenvalue weighted by Crippen LogP contribution is -2.32. The molecule has 6 nitrogen and oxygen atoms in total. The van der Waals surface area contributed by atoms with Crippen LogP contribution in [-0.4, -0.2) is 36.1 Å². The molecule has 1 fully saturated rings. The van der Waals surface area contributed by atoms with Gasteiger partial charge in [-0.1, -0.05) is 24.3 Å². The van der Waals surface area contributed by atoms with Crippen LogP contribution in [0.3, 0.4) is 0 Å². The fourth-order valence-electron chi connectivity index (χ4n) is 2.69. The molecule has 2 heterocycles. The Morgan fingerprint density at radius 2 is 1.88 bits per heavy atom. The van der Waals surface area contributed by atoms with Crippen LogP contribution in [0, 0.1) is 6.92 Å². The molecule has 0 aliphatic carbocycles. The van der Waals surface area contributed by atoms with Crippen molar-refractivity contribution < 1.29 is 14.3 Å². The van der Waals surface area contributed by atoms with Gasteiger partial charge in [-0.2, -0.15) is 0 Å². The number of carbonyl (C=O) groups is 2. The molecule has 2 amide bonds. The van der Waals surface area contributed by atoms with Crippen LogP contribution in [0.25, 0.3) is 0 Å². The molecule has 1 atom stereocenters. The highest BCUT2D eigenvalue weighted by Crippen LogP contribution is 2.14. The van der Waals surface area contributed by atoms with Crippen molar-refractivity contribution >= 4 is 17.5 Å². The molecule has 0 spiro atoms. The molecule has 1 aliphatic rings. The predicted molar refractivity (Wildman–Crippen MR) is 94.7 cm³/mol. The highest BCUT2D eigenvalue weighted by atomic mass is 16.5. The molecule has 3 rings (SSSR count). The molecule has 25 heavy (non-hydrogen) atoms. The summed E-state index contributed by atoms with van der Waals surface area (Å²) in [4.78, 5) is 28.8. The van der Waals surface area contributed by atoms with Gasteiger partial charge >= 0.3 is 0 Å². The molecule has 6 heteroatoms. The third-order valence-electron chi connectivity index (χ3n) is 4.12. The largest absolute Gasteiger partial charge is 0.376 e. The molecule has 2 N–H and O–H groups in total. The summed E-state index contributed by atoms with van der Waals surface area (Å²) in [6, 6.07) is 12.3. The molecule has 1 aliphatic heterocycles. The lowest BCUT2D eigenvalue weighted by atomic mass is 10.2. The zero-order chi connectivity index (χ0) is 17.6. The van der Waals surface area contributed by atoms with E-state index in [1.165, 1.54) is 0 Å². The van der Waals surface area contributed by atoms with Gasteiger partial charge in [-0.15, -0.1) is 0 Å². The predicted octanol–water partition coefficient (Wildman–Crippen LogP) is 2.55. The standard InChI is InChI=1S/C19H21N3O3/c1-13-6-2-3-8-15(13)22-19(24)17-10-4-9-16(21-17)18(23)20-12-14-7-5-11-25-14/h2-4,6,8-10,14H,5,7,11-12H2,1H3,(H,20,23)(H,22,24). The summed E-state index contributed by atoms with van der Waals surface area (Å²) in [6.07, 6.45) is 2.04. The third kappa shape index (κ3) is 4.42. The number of nitrogens with zero attached hydrogens (tertiary/aromatic N) is 1. The molecule has 0 bridgehead atoms. The van der Waals surface area contributed by atoms with E-state index < -0.39 is 0 Å². The summed E-state index contributed by atoms with van der Waals surface area (Å²) < 4.78 is 5.48. The summed E-state index contributed by atoms with van der Waals surface area (Å²) in [7, 11) is 0. The summed E-state index contributed by atoms with van der Waals surface area (Å²) in [6.45, 7) is 3.12. The highest BCUT2D eigenvalue weighted by Gasteiger charge is 2.18. The molecule has 1 aromatic heterocycles. The van der Waals surface area contributed by atoms with Crippen molar-refractivity contribution in [3.05, 3.63) is 59.4 Å². The van der Waals surface area contributed by atoms with Crippen LogP contribution in [0.4, 0.5) is 5.69 Å². The van der Waals surface area contributed by atoms with Crippen LogP contribution < -0.4 is 10.6 Å². The summed E-state index contributed by atoms with van der Waals surface area (Å²) >= 11 is 0. The van der Waals surface area contributed by atoms with E-state index in [1.54, 1.807) is 18.2 Å². The second-order valence-electron chi connectivity index (χ2n) is 6.02. The molecule has 0 saturated carbocycles. The second kappa shape index (κ2) is 7.90. The molecule has 2 aromatic rings. The Hall–Kier alpha value is -2.73. The lowest BCUT2D eigenvalue weighted by molar-refractivity contribution is 0.0853. The number of pyridine rings is 1. The zero-order valence-electron chi connectivity index (χ0n) is 14.1. The smallest absolute Gasteiger partial charge is 0.274 e. The van der Waals surface area contributed by atoms with Crippen molar-refractivity contribution in [1.29, 1.82) is 0 Å². The van der Waals surface area contributed by atoms with Gasteiger partial charge in [0.05, 0.1) is 6.10 Å². The maximum absolute atomic E-state index is 12.4. The van der Waals surface area contributed by atoms with E-state index in [9.17, 15) is 9.59 Å². The average molecular weight is 339 g/mol.